The van der Waals surface area contributed by atoms with Gasteiger partial charge in [0, 0.05) is 25.0 Å². The van der Waals surface area contributed by atoms with Crippen molar-refractivity contribution in [1.82, 2.24) is 9.88 Å². The second-order valence-corrected chi connectivity index (χ2v) is 4.42. The van der Waals surface area contributed by atoms with Crippen molar-refractivity contribution < 1.29 is 9.18 Å². The summed E-state index contributed by atoms with van der Waals surface area (Å²) in [5.74, 6) is -0.960. The number of aromatic nitrogens is 1. The van der Waals surface area contributed by atoms with E-state index in [2.05, 4.69) is 4.98 Å². The first-order valence-electron chi connectivity index (χ1n) is 6.35. The minimum absolute atomic E-state index is 0.0331. The zero-order valence-electron chi connectivity index (χ0n) is 11.2. The molecule has 0 aliphatic carbocycles. The number of halogens is 1. The van der Waals surface area contributed by atoms with Crippen LogP contribution in [0.3, 0.4) is 0 Å². The predicted molar refractivity (Wildman–Crippen MR) is 75.5 cm³/mol. The van der Waals surface area contributed by atoms with Gasteiger partial charge in [0.15, 0.2) is 5.82 Å². The van der Waals surface area contributed by atoms with Crippen LogP contribution in [0.2, 0.25) is 0 Å². The van der Waals surface area contributed by atoms with E-state index in [1.165, 1.54) is 12.3 Å². The normalized spacial score (nSPS) is 10.3. The second-order valence-electron chi connectivity index (χ2n) is 4.42. The van der Waals surface area contributed by atoms with Crippen molar-refractivity contribution in [3.63, 3.8) is 0 Å². The SMILES string of the molecule is CCN(Cc1cccc(N)c1)C(=O)c1ccncc1F. The Balaban J connectivity index is 2.20. The van der Waals surface area contributed by atoms with Crippen molar-refractivity contribution in [2.45, 2.75) is 13.5 Å². The molecule has 0 atom stereocenters. The van der Waals surface area contributed by atoms with Gasteiger partial charge in [-0.1, -0.05) is 12.1 Å². The molecule has 1 heterocycles. The maximum atomic E-state index is 13.6. The fraction of sp³-hybridized carbons (Fsp3) is 0.200. The van der Waals surface area contributed by atoms with Crippen LogP contribution < -0.4 is 5.73 Å². The first kappa shape index (κ1) is 14.0. The van der Waals surface area contributed by atoms with E-state index in [9.17, 15) is 9.18 Å². The Hall–Kier alpha value is -2.43. The quantitative estimate of drug-likeness (QED) is 0.870. The summed E-state index contributed by atoms with van der Waals surface area (Å²) in [5.41, 5.74) is 7.30. The molecule has 2 aromatic rings. The van der Waals surface area contributed by atoms with Gasteiger partial charge in [0.1, 0.15) is 0 Å². The van der Waals surface area contributed by atoms with E-state index in [-0.39, 0.29) is 11.5 Å². The van der Waals surface area contributed by atoms with E-state index in [0.29, 0.717) is 18.8 Å². The van der Waals surface area contributed by atoms with Crippen LogP contribution in [0.25, 0.3) is 0 Å². The smallest absolute Gasteiger partial charge is 0.257 e. The predicted octanol–water partition coefficient (Wildman–Crippen LogP) is 2.47. The maximum Gasteiger partial charge on any atom is 0.257 e. The van der Waals surface area contributed by atoms with Gasteiger partial charge in [-0.2, -0.15) is 0 Å². The molecule has 2 rings (SSSR count). The van der Waals surface area contributed by atoms with Crippen molar-refractivity contribution in [2.75, 3.05) is 12.3 Å². The van der Waals surface area contributed by atoms with Gasteiger partial charge in [-0.15, -0.1) is 0 Å². The molecule has 4 nitrogen and oxygen atoms in total. The lowest BCUT2D eigenvalue weighted by atomic mass is 10.1. The van der Waals surface area contributed by atoms with Crippen LogP contribution >= 0.6 is 0 Å². The molecule has 0 aliphatic heterocycles. The third-order valence-corrected chi connectivity index (χ3v) is 3.00. The van der Waals surface area contributed by atoms with Crippen LogP contribution in [0.1, 0.15) is 22.8 Å². The molecule has 0 aliphatic rings. The number of rotatable bonds is 4. The molecule has 0 spiro atoms. The monoisotopic (exact) mass is 273 g/mol. The molecule has 0 fully saturated rings. The van der Waals surface area contributed by atoms with E-state index in [4.69, 9.17) is 5.73 Å². The number of hydrogen-bond acceptors (Lipinski definition) is 3. The summed E-state index contributed by atoms with van der Waals surface area (Å²) < 4.78 is 13.6. The third kappa shape index (κ3) is 3.12. The van der Waals surface area contributed by atoms with Crippen molar-refractivity contribution in [3.05, 3.63) is 59.7 Å². The Labute approximate surface area is 117 Å². The highest BCUT2D eigenvalue weighted by atomic mass is 19.1. The van der Waals surface area contributed by atoms with Gasteiger partial charge in [0.05, 0.1) is 11.8 Å². The van der Waals surface area contributed by atoms with Crippen molar-refractivity contribution in [3.8, 4) is 0 Å². The highest BCUT2D eigenvalue weighted by Crippen LogP contribution is 2.14. The topological polar surface area (TPSA) is 59.2 Å². The summed E-state index contributed by atoms with van der Waals surface area (Å²) in [6, 6.07) is 8.69. The number of benzene rings is 1. The highest BCUT2D eigenvalue weighted by molar-refractivity contribution is 5.94. The molecule has 2 N–H and O–H groups in total. The molecule has 0 unspecified atom stereocenters. The summed E-state index contributed by atoms with van der Waals surface area (Å²) in [7, 11) is 0. The molecule has 0 saturated heterocycles. The molecular weight excluding hydrogens is 257 g/mol. The fourth-order valence-corrected chi connectivity index (χ4v) is 1.96. The number of hydrogen-bond donors (Lipinski definition) is 1. The Bertz CT molecular complexity index is 616. The van der Waals surface area contributed by atoms with E-state index in [0.717, 1.165) is 11.8 Å². The first-order chi connectivity index (χ1) is 9.61. The van der Waals surface area contributed by atoms with Crippen LogP contribution in [0.4, 0.5) is 10.1 Å². The van der Waals surface area contributed by atoms with Crippen molar-refractivity contribution >= 4 is 11.6 Å². The number of nitrogens with two attached hydrogens (primary N) is 1. The minimum atomic E-state index is -0.608. The van der Waals surface area contributed by atoms with Crippen LogP contribution in [0.15, 0.2) is 42.7 Å². The van der Waals surface area contributed by atoms with E-state index in [1.807, 2.05) is 19.1 Å². The van der Waals surface area contributed by atoms with Crippen LogP contribution in [0.5, 0.6) is 0 Å². The molecule has 104 valence electrons. The standard InChI is InChI=1S/C15H16FN3O/c1-2-19(10-11-4-3-5-12(17)8-11)15(20)13-6-7-18-9-14(13)16/h3-9H,2,10,17H2,1H3. The largest absolute Gasteiger partial charge is 0.399 e. The van der Waals surface area contributed by atoms with Crippen LogP contribution in [-0.4, -0.2) is 22.3 Å². The Kier molecular flexibility index (Phi) is 4.30. The fourth-order valence-electron chi connectivity index (χ4n) is 1.96. The molecule has 0 saturated carbocycles. The molecule has 20 heavy (non-hydrogen) atoms. The summed E-state index contributed by atoms with van der Waals surface area (Å²) in [6.45, 7) is 2.72. The average Bonchev–Trinajstić information content (AvgIpc) is 2.44. The second kappa shape index (κ2) is 6.14. The van der Waals surface area contributed by atoms with Gasteiger partial charge in [0.25, 0.3) is 5.91 Å². The van der Waals surface area contributed by atoms with Gasteiger partial charge < -0.3 is 10.6 Å². The lowest BCUT2D eigenvalue weighted by Crippen LogP contribution is -2.31. The van der Waals surface area contributed by atoms with E-state index >= 15 is 0 Å². The minimum Gasteiger partial charge on any atom is -0.399 e. The summed E-state index contributed by atoms with van der Waals surface area (Å²) in [4.78, 5) is 17.5. The molecule has 1 aromatic carbocycles. The third-order valence-electron chi connectivity index (χ3n) is 3.00. The molecule has 5 heteroatoms. The molecule has 1 amide bonds. The number of pyridine rings is 1. The number of nitrogens with zero attached hydrogens (tertiary/aromatic N) is 2. The average molecular weight is 273 g/mol. The van der Waals surface area contributed by atoms with E-state index in [1.54, 1.807) is 17.0 Å². The van der Waals surface area contributed by atoms with Crippen LogP contribution in [0, 0.1) is 5.82 Å². The van der Waals surface area contributed by atoms with Crippen molar-refractivity contribution in [1.29, 1.82) is 0 Å². The first-order valence-corrected chi connectivity index (χ1v) is 6.35. The molecular formula is C15H16FN3O. The highest BCUT2D eigenvalue weighted by Gasteiger charge is 2.18. The van der Waals surface area contributed by atoms with Gasteiger partial charge in [-0.05, 0) is 30.7 Å². The molecule has 0 bridgehead atoms. The summed E-state index contributed by atoms with van der Waals surface area (Å²) >= 11 is 0. The Morgan fingerprint density at radius 2 is 2.20 bits per heavy atom. The van der Waals surface area contributed by atoms with Gasteiger partial charge >= 0.3 is 0 Å². The van der Waals surface area contributed by atoms with Gasteiger partial charge in [0.2, 0.25) is 0 Å². The zero-order chi connectivity index (χ0) is 14.5. The van der Waals surface area contributed by atoms with Crippen molar-refractivity contribution in [2.24, 2.45) is 0 Å². The Morgan fingerprint density at radius 3 is 2.85 bits per heavy atom. The zero-order valence-corrected chi connectivity index (χ0v) is 11.2. The van der Waals surface area contributed by atoms with Gasteiger partial charge in [-0.25, -0.2) is 4.39 Å². The summed E-state index contributed by atoms with van der Waals surface area (Å²) in [6.07, 6.45) is 2.45. The number of carbonyl (C=O) groups excluding carboxylic acids is 1. The number of amides is 1. The lowest BCUT2D eigenvalue weighted by molar-refractivity contribution is 0.0747. The maximum absolute atomic E-state index is 13.6. The van der Waals surface area contributed by atoms with Crippen LogP contribution in [-0.2, 0) is 6.54 Å². The lowest BCUT2D eigenvalue weighted by Gasteiger charge is -2.21. The summed E-state index contributed by atoms with van der Waals surface area (Å²) in [5, 5.41) is 0. The van der Waals surface area contributed by atoms with E-state index < -0.39 is 5.82 Å². The Morgan fingerprint density at radius 1 is 1.40 bits per heavy atom. The number of carbonyl (C=O) groups is 1. The number of nitrogen functional groups attached to an aromatic ring is 1. The van der Waals surface area contributed by atoms with Gasteiger partial charge in [-0.3, -0.25) is 9.78 Å². The number of anilines is 1. The molecule has 1 aromatic heterocycles. The molecule has 0 radical (unpaired) electrons.